The van der Waals surface area contributed by atoms with Crippen LogP contribution in [0.2, 0.25) is 0 Å². The zero-order chi connectivity index (χ0) is 20.1. The molecule has 0 aliphatic heterocycles. The molecule has 0 spiro atoms. The molecule has 5 nitrogen and oxygen atoms in total. The number of carbonyl (C=O) groups is 1. The van der Waals surface area contributed by atoms with Gasteiger partial charge in [0.15, 0.2) is 0 Å². The lowest BCUT2D eigenvalue weighted by atomic mass is 9.53. The molecule has 3 fully saturated rings. The lowest BCUT2D eigenvalue weighted by Gasteiger charge is -2.58. The Balaban J connectivity index is 1.64. The van der Waals surface area contributed by atoms with Gasteiger partial charge in [-0.15, -0.1) is 0 Å². The summed E-state index contributed by atoms with van der Waals surface area (Å²) in [6.45, 7) is 0. The molecule has 0 aromatic rings. The fourth-order valence-corrected chi connectivity index (χ4v) is 5.60. The first-order valence-corrected chi connectivity index (χ1v) is 11.0. The van der Waals surface area contributed by atoms with E-state index in [2.05, 4.69) is 6.08 Å². The number of ether oxygens (including phenoxy) is 1. The largest absolute Gasteiger partial charge is 0.481 e. The quantitative estimate of drug-likeness (QED) is 0.431. The Bertz CT molecular complexity index is 592. The van der Waals surface area contributed by atoms with E-state index in [1.807, 2.05) is 12.2 Å². The van der Waals surface area contributed by atoms with E-state index in [1.165, 1.54) is 24.8 Å². The minimum atomic E-state index is -0.756. The predicted molar refractivity (Wildman–Crippen MR) is 108 cm³/mol. The van der Waals surface area contributed by atoms with Crippen LogP contribution in [0.15, 0.2) is 23.8 Å². The molecule has 158 valence electrons. The molecule has 0 bridgehead atoms. The second-order valence-electron chi connectivity index (χ2n) is 8.88. The van der Waals surface area contributed by atoms with E-state index in [1.54, 1.807) is 7.11 Å². The Morgan fingerprint density at radius 1 is 1.29 bits per heavy atom. The van der Waals surface area contributed by atoms with Gasteiger partial charge in [-0.2, -0.15) is 0 Å². The van der Waals surface area contributed by atoms with Crippen molar-refractivity contribution < 1.29 is 24.9 Å². The summed E-state index contributed by atoms with van der Waals surface area (Å²) in [4.78, 5) is 10.7. The molecule has 3 aliphatic carbocycles. The standard InChI is InChI=1S/C23H36O5/c1-28-23-14-13-21(25)18(11-12-20(24)16-7-3-2-4-8-16)19(23)15-17(23)9-5-6-10-22(26)27/h9,11-12,16,18-21,24-25H,2-8,10,13-15H2,1H3,(H,26,27)/b12-11+,17-9-/t18-,19-,20?,21-,23+/m0/s1. The summed E-state index contributed by atoms with van der Waals surface area (Å²) in [5, 5.41) is 30.0. The number of unbranched alkanes of at least 4 members (excludes halogenated alkanes) is 1. The second kappa shape index (κ2) is 9.55. The first kappa shape index (κ1) is 21.5. The first-order chi connectivity index (χ1) is 13.5. The van der Waals surface area contributed by atoms with E-state index >= 15 is 0 Å². The molecule has 5 atom stereocenters. The fraction of sp³-hybridized carbons (Fsp3) is 0.783. The molecule has 0 amide bonds. The topological polar surface area (TPSA) is 87.0 Å². The number of aliphatic hydroxyl groups excluding tert-OH is 2. The van der Waals surface area contributed by atoms with Crippen molar-refractivity contribution >= 4 is 5.97 Å². The first-order valence-electron chi connectivity index (χ1n) is 11.0. The van der Waals surface area contributed by atoms with Gasteiger partial charge in [0.25, 0.3) is 0 Å². The number of aliphatic hydroxyl groups is 2. The van der Waals surface area contributed by atoms with Crippen LogP contribution >= 0.6 is 0 Å². The summed E-state index contributed by atoms with van der Waals surface area (Å²) in [6, 6.07) is 0. The summed E-state index contributed by atoms with van der Waals surface area (Å²) in [7, 11) is 1.74. The highest BCUT2D eigenvalue weighted by atomic mass is 16.5. The maximum absolute atomic E-state index is 10.7. The van der Waals surface area contributed by atoms with Crippen molar-refractivity contribution in [1.29, 1.82) is 0 Å². The van der Waals surface area contributed by atoms with Crippen LogP contribution in [-0.4, -0.2) is 46.2 Å². The highest BCUT2D eigenvalue weighted by Gasteiger charge is 2.57. The Hall–Kier alpha value is -1.17. The van der Waals surface area contributed by atoms with E-state index in [9.17, 15) is 15.0 Å². The van der Waals surface area contributed by atoms with E-state index in [0.717, 1.165) is 32.1 Å². The Kier molecular flexibility index (Phi) is 7.35. The van der Waals surface area contributed by atoms with Gasteiger partial charge in [-0.3, -0.25) is 4.79 Å². The lowest BCUT2D eigenvalue weighted by Crippen LogP contribution is -2.59. The number of hydrogen-bond acceptors (Lipinski definition) is 4. The van der Waals surface area contributed by atoms with Gasteiger partial charge in [0.05, 0.1) is 17.8 Å². The average Bonchev–Trinajstić information content (AvgIpc) is 2.68. The number of fused-ring (bicyclic) bond motifs is 1. The molecular weight excluding hydrogens is 356 g/mol. The molecule has 28 heavy (non-hydrogen) atoms. The van der Waals surface area contributed by atoms with Crippen LogP contribution < -0.4 is 0 Å². The number of carboxylic acid groups (broad SMARTS) is 1. The molecule has 3 rings (SSSR count). The number of allylic oxidation sites excluding steroid dienone is 1. The third-order valence-electron chi connectivity index (χ3n) is 7.32. The van der Waals surface area contributed by atoms with Gasteiger partial charge in [-0.05, 0) is 56.4 Å². The molecule has 0 saturated heterocycles. The molecule has 3 saturated carbocycles. The number of methoxy groups -OCH3 is 1. The molecule has 0 radical (unpaired) electrons. The average molecular weight is 393 g/mol. The third kappa shape index (κ3) is 4.52. The zero-order valence-corrected chi connectivity index (χ0v) is 17.1. The van der Waals surface area contributed by atoms with Gasteiger partial charge >= 0.3 is 5.97 Å². The van der Waals surface area contributed by atoms with Gasteiger partial charge in [0.2, 0.25) is 0 Å². The van der Waals surface area contributed by atoms with Crippen LogP contribution in [-0.2, 0) is 9.53 Å². The van der Waals surface area contributed by atoms with Gasteiger partial charge in [0, 0.05) is 25.4 Å². The van der Waals surface area contributed by atoms with Crippen molar-refractivity contribution in [3.63, 3.8) is 0 Å². The SMILES string of the molecule is CO[C@@]12CC[C@H](O)[C@@H](/C=C/C(O)C3CCCCC3)[C@@H]1C/C2=C/CCCC(=O)O. The molecule has 0 aromatic heterocycles. The van der Waals surface area contributed by atoms with Gasteiger partial charge in [-0.1, -0.05) is 37.5 Å². The monoisotopic (exact) mass is 392 g/mol. The Morgan fingerprint density at radius 2 is 2.04 bits per heavy atom. The van der Waals surface area contributed by atoms with Crippen LogP contribution in [0.1, 0.15) is 70.6 Å². The molecule has 5 heteroatoms. The number of aliphatic carboxylic acids is 1. The lowest BCUT2D eigenvalue weighted by molar-refractivity contribution is -0.140. The van der Waals surface area contributed by atoms with Crippen molar-refractivity contribution in [3.8, 4) is 0 Å². The van der Waals surface area contributed by atoms with Crippen molar-refractivity contribution in [2.45, 2.75) is 88.4 Å². The molecule has 0 aromatic carbocycles. The summed E-state index contributed by atoms with van der Waals surface area (Å²) < 4.78 is 5.98. The summed E-state index contributed by atoms with van der Waals surface area (Å²) >= 11 is 0. The molecular formula is C23H36O5. The van der Waals surface area contributed by atoms with E-state index in [4.69, 9.17) is 9.84 Å². The van der Waals surface area contributed by atoms with Gasteiger partial charge in [0.1, 0.15) is 0 Å². The van der Waals surface area contributed by atoms with Gasteiger partial charge in [-0.25, -0.2) is 0 Å². The number of carboxylic acids is 1. The third-order valence-corrected chi connectivity index (χ3v) is 7.32. The Labute approximate surface area is 168 Å². The Morgan fingerprint density at radius 3 is 2.71 bits per heavy atom. The van der Waals surface area contributed by atoms with Gasteiger partial charge < -0.3 is 20.1 Å². The van der Waals surface area contributed by atoms with E-state index < -0.39 is 18.2 Å². The zero-order valence-electron chi connectivity index (χ0n) is 17.1. The predicted octanol–water partition coefficient (Wildman–Crippen LogP) is 3.84. The summed E-state index contributed by atoms with van der Waals surface area (Å²) in [6.07, 6.45) is 15.1. The second-order valence-corrected chi connectivity index (χ2v) is 8.88. The van der Waals surface area contributed by atoms with E-state index in [0.29, 0.717) is 18.8 Å². The van der Waals surface area contributed by atoms with Crippen molar-refractivity contribution in [1.82, 2.24) is 0 Å². The summed E-state index contributed by atoms with van der Waals surface area (Å²) in [5.41, 5.74) is 0.927. The minimum absolute atomic E-state index is 0.00288. The molecule has 0 heterocycles. The van der Waals surface area contributed by atoms with Crippen LogP contribution in [0.25, 0.3) is 0 Å². The van der Waals surface area contributed by atoms with Crippen LogP contribution in [0.3, 0.4) is 0 Å². The molecule has 3 N–H and O–H groups in total. The maximum atomic E-state index is 10.7. The van der Waals surface area contributed by atoms with Crippen molar-refractivity contribution in [2.24, 2.45) is 17.8 Å². The smallest absolute Gasteiger partial charge is 0.303 e. The number of hydrogen-bond donors (Lipinski definition) is 3. The fourth-order valence-electron chi connectivity index (χ4n) is 5.60. The van der Waals surface area contributed by atoms with Crippen LogP contribution in [0, 0.1) is 17.8 Å². The number of rotatable bonds is 8. The van der Waals surface area contributed by atoms with Crippen LogP contribution in [0.5, 0.6) is 0 Å². The maximum Gasteiger partial charge on any atom is 0.303 e. The molecule has 1 unspecified atom stereocenters. The summed E-state index contributed by atoms with van der Waals surface area (Å²) in [5.74, 6) is -0.178. The normalized spacial score (nSPS) is 36.2. The highest BCUT2D eigenvalue weighted by Crippen LogP contribution is 2.57. The highest BCUT2D eigenvalue weighted by molar-refractivity contribution is 5.66. The van der Waals surface area contributed by atoms with Crippen molar-refractivity contribution in [3.05, 3.63) is 23.8 Å². The minimum Gasteiger partial charge on any atom is -0.481 e. The molecule has 3 aliphatic rings. The van der Waals surface area contributed by atoms with Crippen molar-refractivity contribution in [2.75, 3.05) is 7.11 Å². The van der Waals surface area contributed by atoms with E-state index in [-0.39, 0.29) is 23.9 Å². The van der Waals surface area contributed by atoms with Crippen LogP contribution in [0.4, 0.5) is 0 Å².